The summed E-state index contributed by atoms with van der Waals surface area (Å²) >= 11 is 0. The van der Waals surface area contributed by atoms with Crippen LogP contribution in [0.4, 0.5) is 0 Å². The fraction of sp³-hybridized carbons (Fsp3) is 0.118. The summed E-state index contributed by atoms with van der Waals surface area (Å²) in [6.07, 6.45) is 2.45. The summed E-state index contributed by atoms with van der Waals surface area (Å²) in [6.45, 7) is 0.773. The van der Waals surface area contributed by atoms with E-state index >= 15 is 0 Å². The number of benzene rings is 2. The number of nitrogens with zero attached hydrogens (tertiary/aromatic N) is 1. The van der Waals surface area contributed by atoms with E-state index in [1.54, 1.807) is 6.08 Å². The third kappa shape index (κ3) is 3.55. The van der Waals surface area contributed by atoms with Crippen molar-refractivity contribution in [2.45, 2.75) is 6.54 Å². The molecular formula is C17H17NO. The number of hydrogen-bond donors (Lipinski definition) is 0. The van der Waals surface area contributed by atoms with Crippen molar-refractivity contribution in [1.82, 2.24) is 4.90 Å². The Balaban J connectivity index is 2.21. The van der Waals surface area contributed by atoms with Crippen molar-refractivity contribution in [3.63, 3.8) is 0 Å². The van der Waals surface area contributed by atoms with Gasteiger partial charge >= 0.3 is 0 Å². The maximum absolute atomic E-state index is 10.8. The highest BCUT2D eigenvalue weighted by Crippen LogP contribution is 2.19. The molecule has 0 radical (unpaired) electrons. The minimum Gasteiger partial charge on any atom is -0.370 e. The highest BCUT2D eigenvalue weighted by Gasteiger charge is 2.07. The Morgan fingerprint density at radius 3 is 2.16 bits per heavy atom. The highest BCUT2D eigenvalue weighted by atomic mass is 16.1. The molecule has 2 rings (SSSR count). The predicted octanol–water partition coefficient (Wildman–Crippen LogP) is 3.36. The van der Waals surface area contributed by atoms with Gasteiger partial charge in [-0.25, -0.2) is 0 Å². The van der Waals surface area contributed by atoms with Crippen LogP contribution < -0.4 is 0 Å². The largest absolute Gasteiger partial charge is 0.370 e. The van der Waals surface area contributed by atoms with Gasteiger partial charge in [-0.3, -0.25) is 4.79 Å². The van der Waals surface area contributed by atoms with Crippen molar-refractivity contribution in [3.8, 4) is 0 Å². The Morgan fingerprint density at radius 2 is 1.58 bits per heavy atom. The highest BCUT2D eigenvalue weighted by molar-refractivity contribution is 5.80. The molecule has 0 bridgehead atoms. The zero-order valence-electron chi connectivity index (χ0n) is 11.0. The van der Waals surface area contributed by atoms with Crippen LogP contribution in [-0.4, -0.2) is 18.2 Å². The lowest BCUT2D eigenvalue weighted by Gasteiger charge is -2.22. The van der Waals surface area contributed by atoms with Gasteiger partial charge in [-0.05, 0) is 11.1 Å². The van der Waals surface area contributed by atoms with Gasteiger partial charge < -0.3 is 4.90 Å². The summed E-state index contributed by atoms with van der Waals surface area (Å²) < 4.78 is 0. The smallest absolute Gasteiger partial charge is 0.144 e. The van der Waals surface area contributed by atoms with Crippen LogP contribution in [0.1, 0.15) is 11.1 Å². The molecule has 2 aromatic carbocycles. The van der Waals surface area contributed by atoms with Crippen LogP contribution in [-0.2, 0) is 11.3 Å². The molecule has 0 unspecified atom stereocenters. The summed E-state index contributed by atoms with van der Waals surface area (Å²) in [5.74, 6) is 0. The van der Waals surface area contributed by atoms with E-state index in [1.165, 1.54) is 5.56 Å². The van der Waals surface area contributed by atoms with Crippen LogP contribution in [0.3, 0.4) is 0 Å². The second kappa shape index (κ2) is 6.55. The average molecular weight is 251 g/mol. The SMILES string of the molecule is CN(Cc1ccccc1)/C(=C\C=O)c1ccccc1. The molecule has 0 aliphatic heterocycles. The van der Waals surface area contributed by atoms with Gasteiger partial charge in [-0.15, -0.1) is 0 Å². The van der Waals surface area contributed by atoms with Gasteiger partial charge in [0.2, 0.25) is 0 Å². The van der Waals surface area contributed by atoms with Gasteiger partial charge in [0.05, 0.1) is 0 Å². The van der Waals surface area contributed by atoms with Crippen molar-refractivity contribution in [1.29, 1.82) is 0 Å². The Kier molecular flexibility index (Phi) is 4.51. The van der Waals surface area contributed by atoms with Crippen LogP contribution in [0.5, 0.6) is 0 Å². The van der Waals surface area contributed by atoms with Crippen LogP contribution in [0, 0.1) is 0 Å². The molecule has 0 heterocycles. The summed E-state index contributed by atoms with van der Waals surface area (Å²) in [5.41, 5.74) is 3.20. The molecule has 0 saturated carbocycles. The van der Waals surface area contributed by atoms with E-state index in [1.807, 2.05) is 55.6 Å². The molecule has 96 valence electrons. The van der Waals surface area contributed by atoms with Crippen molar-refractivity contribution in [3.05, 3.63) is 77.9 Å². The topological polar surface area (TPSA) is 20.3 Å². The van der Waals surface area contributed by atoms with E-state index in [0.717, 1.165) is 24.1 Å². The minimum absolute atomic E-state index is 0.773. The molecule has 0 aliphatic rings. The van der Waals surface area contributed by atoms with Gasteiger partial charge in [0.15, 0.2) is 0 Å². The number of allylic oxidation sites excluding steroid dienone is 1. The molecule has 19 heavy (non-hydrogen) atoms. The van der Waals surface area contributed by atoms with Crippen molar-refractivity contribution in [2.75, 3.05) is 7.05 Å². The van der Waals surface area contributed by atoms with Crippen molar-refractivity contribution >= 4 is 12.0 Å². The average Bonchev–Trinajstić information content (AvgIpc) is 2.46. The molecule has 2 aromatic rings. The lowest BCUT2D eigenvalue weighted by Crippen LogP contribution is -2.16. The first-order valence-electron chi connectivity index (χ1n) is 6.27. The quantitative estimate of drug-likeness (QED) is 0.600. The molecule has 0 saturated heterocycles. The number of hydrogen-bond acceptors (Lipinski definition) is 2. The van der Waals surface area contributed by atoms with Crippen LogP contribution in [0.15, 0.2) is 66.7 Å². The molecule has 0 N–H and O–H groups in total. The van der Waals surface area contributed by atoms with E-state index in [4.69, 9.17) is 0 Å². The lowest BCUT2D eigenvalue weighted by molar-refractivity contribution is -0.104. The van der Waals surface area contributed by atoms with E-state index in [0.29, 0.717) is 0 Å². The van der Waals surface area contributed by atoms with Crippen molar-refractivity contribution < 1.29 is 4.79 Å². The fourth-order valence-corrected chi connectivity index (χ4v) is 2.06. The van der Waals surface area contributed by atoms with E-state index in [2.05, 4.69) is 17.0 Å². The summed E-state index contributed by atoms with van der Waals surface area (Å²) in [7, 11) is 2.00. The monoisotopic (exact) mass is 251 g/mol. The van der Waals surface area contributed by atoms with Gasteiger partial charge in [-0.1, -0.05) is 60.7 Å². The lowest BCUT2D eigenvalue weighted by atomic mass is 10.1. The van der Waals surface area contributed by atoms with E-state index < -0.39 is 0 Å². The van der Waals surface area contributed by atoms with Gasteiger partial charge in [-0.2, -0.15) is 0 Å². The molecular weight excluding hydrogens is 234 g/mol. The molecule has 0 aromatic heterocycles. The molecule has 2 heteroatoms. The molecule has 0 amide bonds. The fourth-order valence-electron chi connectivity index (χ4n) is 2.06. The predicted molar refractivity (Wildman–Crippen MR) is 78.4 cm³/mol. The second-order valence-electron chi connectivity index (χ2n) is 4.40. The molecule has 0 aliphatic carbocycles. The number of carbonyl (C=O) groups excluding carboxylic acids is 1. The Bertz CT molecular complexity index is 546. The maximum Gasteiger partial charge on any atom is 0.144 e. The van der Waals surface area contributed by atoms with Gasteiger partial charge in [0.25, 0.3) is 0 Å². The number of rotatable bonds is 5. The summed E-state index contributed by atoms with van der Waals surface area (Å²) in [5, 5.41) is 0. The number of carbonyl (C=O) groups is 1. The Morgan fingerprint density at radius 1 is 1.00 bits per heavy atom. The van der Waals surface area contributed by atoms with Crippen molar-refractivity contribution in [2.24, 2.45) is 0 Å². The third-order valence-electron chi connectivity index (χ3n) is 2.97. The first kappa shape index (κ1) is 13.1. The zero-order chi connectivity index (χ0) is 13.5. The minimum atomic E-state index is 0.773. The zero-order valence-corrected chi connectivity index (χ0v) is 11.0. The van der Waals surface area contributed by atoms with Crippen LogP contribution in [0.2, 0.25) is 0 Å². The van der Waals surface area contributed by atoms with Gasteiger partial charge in [0.1, 0.15) is 6.29 Å². The summed E-state index contributed by atoms with van der Waals surface area (Å²) in [4.78, 5) is 12.9. The number of aldehydes is 1. The first-order valence-corrected chi connectivity index (χ1v) is 6.27. The molecule has 0 atom stereocenters. The normalized spacial score (nSPS) is 11.1. The first-order chi connectivity index (χ1) is 9.31. The van der Waals surface area contributed by atoms with E-state index in [9.17, 15) is 4.79 Å². The van der Waals surface area contributed by atoms with Crippen LogP contribution >= 0.6 is 0 Å². The molecule has 0 fully saturated rings. The second-order valence-corrected chi connectivity index (χ2v) is 4.40. The maximum atomic E-state index is 10.8. The van der Waals surface area contributed by atoms with Gasteiger partial charge in [0, 0.05) is 25.4 Å². The summed E-state index contributed by atoms with van der Waals surface area (Å²) in [6, 6.07) is 20.2. The van der Waals surface area contributed by atoms with Crippen LogP contribution in [0.25, 0.3) is 5.70 Å². The third-order valence-corrected chi connectivity index (χ3v) is 2.97. The van der Waals surface area contributed by atoms with E-state index in [-0.39, 0.29) is 0 Å². The Labute approximate surface area is 114 Å². The Hall–Kier alpha value is -2.35. The molecule has 0 spiro atoms. The molecule has 2 nitrogen and oxygen atoms in total. The standard InChI is InChI=1S/C17H17NO/c1-18(14-15-8-4-2-5-9-15)17(12-13-19)16-10-6-3-7-11-16/h2-13H,14H2,1H3/b17-12-.